The van der Waals surface area contributed by atoms with Gasteiger partial charge in [-0.1, -0.05) is 13.8 Å². The molecule has 1 heterocycles. The summed E-state index contributed by atoms with van der Waals surface area (Å²) in [6.07, 6.45) is 6.70. The molecule has 0 bridgehead atoms. The van der Waals surface area contributed by atoms with Crippen LogP contribution in [0.4, 0.5) is 0 Å². The normalized spacial score (nSPS) is 12.8. The number of nitrogens with one attached hydrogen (secondary N) is 2. The fourth-order valence-electron chi connectivity index (χ4n) is 2.58. The fourth-order valence-corrected chi connectivity index (χ4v) is 2.58. The summed E-state index contributed by atoms with van der Waals surface area (Å²) in [5.74, 6) is 1.94. The number of halogens is 1. The number of aliphatic imine (C=N–C) groups is 1. The smallest absolute Gasteiger partial charge is 0.191 e. The lowest BCUT2D eigenvalue weighted by molar-refractivity contribution is 0.245. The molecule has 140 valence electrons. The van der Waals surface area contributed by atoms with E-state index in [9.17, 15) is 5.11 Å². The molecule has 0 aliphatic carbocycles. The zero-order chi connectivity index (χ0) is 16.9. The molecule has 0 spiro atoms. The maximum Gasteiger partial charge on any atom is 0.191 e. The summed E-state index contributed by atoms with van der Waals surface area (Å²) < 4.78 is 1.94. The Morgan fingerprint density at radius 1 is 1.33 bits per heavy atom. The van der Waals surface area contributed by atoms with Gasteiger partial charge < -0.3 is 15.7 Å². The first-order valence-electron chi connectivity index (χ1n) is 8.76. The predicted molar refractivity (Wildman–Crippen MR) is 111 cm³/mol. The van der Waals surface area contributed by atoms with Crippen molar-refractivity contribution in [3.63, 3.8) is 0 Å². The highest BCUT2D eigenvalue weighted by Gasteiger charge is 2.10. The van der Waals surface area contributed by atoms with Crippen molar-refractivity contribution in [3.05, 3.63) is 18.5 Å². The third-order valence-corrected chi connectivity index (χ3v) is 3.61. The van der Waals surface area contributed by atoms with Crippen molar-refractivity contribution >= 4 is 29.9 Å². The lowest BCUT2D eigenvalue weighted by atomic mass is 9.94. The van der Waals surface area contributed by atoms with Crippen LogP contribution in [0.15, 0.2) is 23.5 Å². The first kappa shape index (κ1) is 23.2. The van der Waals surface area contributed by atoms with Crippen molar-refractivity contribution in [2.24, 2.45) is 16.8 Å². The van der Waals surface area contributed by atoms with E-state index in [1.54, 1.807) is 6.20 Å². The van der Waals surface area contributed by atoms with Gasteiger partial charge in [0.2, 0.25) is 0 Å². The molecule has 1 unspecified atom stereocenters. The third kappa shape index (κ3) is 10.9. The Hall–Kier alpha value is -0.830. The number of aromatic nitrogens is 2. The summed E-state index contributed by atoms with van der Waals surface area (Å²) >= 11 is 0. The van der Waals surface area contributed by atoms with Gasteiger partial charge >= 0.3 is 0 Å². The van der Waals surface area contributed by atoms with Crippen molar-refractivity contribution in [2.75, 3.05) is 26.2 Å². The second-order valence-corrected chi connectivity index (χ2v) is 6.28. The molecule has 1 atom stereocenters. The minimum atomic E-state index is 0. The number of hydrogen-bond donors (Lipinski definition) is 3. The molecule has 0 aromatic carbocycles. The molecule has 0 saturated heterocycles. The molecule has 0 saturated carbocycles. The third-order valence-electron chi connectivity index (χ3n) is 3.61. The molecule has 0 aliphatic heterocycles. The average Bonchev–Trinajstić information content (AvgIpc) is 3.01. The number of rotatable bonds is 11. The Morgan fingerprint density at radius 3 is 2.71 bits per heavy atom. The molecule has 7 heteroatoms. The molecule has 1 rings (SSSR count). The molecular weight excluding hydrogens is 417 g/mol. The van der Waals surface area contributed by atoms with Crippen LogP contribution < -0.4 is 10.6 Å². The van der Waals surface area contributed by atoms with E-state index in [1.165, 1.54) is 0 Å². The van der Waals surface area contributed by atoms with E-state index in [0.29, 0.717) is 11.8 Å². The quantitative estimate of drug-likeness (QED) is 0.209. The van der Waals surface area contributed by atoms with E-state index in [2.05, 4.69) is 41.5 Å². The van der Waals surface area contributed by atoms with E-state index in [-0.39, 0.29) is 30.6 Å². The summed E-state index contributed by atoms with van der Waals surface area (Å²) in [7, 11) is 0. The molecule has 0 amide bonds. The van der Waals surface area contributed by atoms with Crippen LogP contribution >= 0.6 is 24.0 Å². The van der Waals surface area contributed by atoms with Gasteiger partial charge in [0.1, 0.15) is 0 Å². The maximum atomic E-state index is 9.19. The summed E-state index contributed by atoms with van der Waals surface area (Å²) in [6, 6.07) is 1.94. The molecule has 0 fully saturated rings. The zero-order valence-corrected chi connectivity index (χ0v) is 17.6. The van der Waals surface area contributed by atoms with Crippen molar-refractivity contribution < 1.29 is 5.11 Å². The van der Waals surface area contributed by atoms with Crippen molar-refractivity contribution in [2.45, 2.75) is 46.6 Å². The molecule has 1 aromatic heterocycles. The number of guanidine groups is 1. The van der Waals surface area contributed by atoms with Crippen LogP contribution in [0.2, 0.25) is 0 Å². The molecule has 0 radical (unpaired) electrons. The number of aliphatic hydroxyl groups is 1. The van der Waals surface area contributed by atoms with Gasteiger partial charge in [0, 0.05) is 45.2 Å². The van der Waals surface area contributed by atoms with Crippen LogP contribution in [-0.2, 0) is 6.54 Å². The van der Waals surface area contributed by atoms with Crippen LogP contribution in [0.5, 0.6) is 0 Å². The van der Waals surface area contributed by atoms with Crippen molar-refractivity contribution in [1.29, 1.82) is 0 Å². The minimum absolute atomic E-state index is 0. The summed E-state index contributed by atoms with van der Waals surface area (Å²) in [4.78, 5) is 4.68. The maximum absolute atomic E-state index is 9.19. The number of aryl methyl sites for hydroxylation is 1. The molecule has 0 aliphatic rings. The minimum Gasteiger partial charge on any atom is -0.396 e. The van der Waals surface area contributed by atoms with Crippen LogP contribution in [0.3, 0.4) is 0 Å². The summed E-state index contributed by atoms with van der Waals surface area (Å²) in [5, 5.41) is 20.0. The lowest BCUT2D eigenvalue weighted by Crippen LogP contribution is -2.38. The van der Waals surface area contributed by atoms with E-state index >= 15 is 0 Å². The van der Waals surface area contributed by atoms with Crippen LogP contribution in [0.25, 0.3) is 0 Å². The van der Waals surface area contributed by atoms with Crippen LogP contribution in [0.1, 0.15) is 40.0 Å². The van der Waals surface area contributed by atoms with E-state index in [1.807, 2.05) is 16.9 Å². The molecular formula is C17H34IN5O. The predicted octanol–water partition coefficient (Wildman–Crippen LogP) is 2.49. The highest BCUT2D eigenvalue weighted by atomic mass is 127. The average molecular weight is 451 g/mol. The Balaban J connectivity index is 0.00000529. The monoisotopic (exact) mass is 451 g/mol. The van der Waals surface area contributed by atoms with Crippen molar-refractivity contribution in [3.8, 4) is 0 Å². The number of hydrogen-bond acceptors (Lipinski definition) is 3. The first-order valence-corrected chi connectivity index (χ1v) is 8.76. The molecule has 24 heavy (non-hydrogen) atoms. The van der Waals surface area contributed by atoms with Gasteiger partial charge in [-0.3, -0.25) is 9.67 Å². The van der Waals surface area contributed by atoms with Gasteiger partial charge in [0.15, 0.2) is 5.96 Å². The van der Waals surface area contributed by atoms with E-state index in [4.69, 9.17) is 0 Å². The summed E-state index contributed by atoms with van der Waals surface area (Å²) in [5.41, 5.74) is 0. The number of nitrogens with zero attached hydrogens (tertiary/aromatic N) is 3. The number of aliphatic hydroxyl groups excluding tert-OH is 1. The highest BCUT2D eigenvalue weighted by molar-refractivity contribution is 14.0. The van der Waals surface area contributed by atoms with Gasteiger partial charge in [-0.25, -0.2) is 0 Å². The fraction of sp³-hybridized carbons (Fsp3) is 0.765. The Morgan fingerprint density at radius 2 is 2.12 bits per heavy atom. The lowest BCUT2D eigenvalue weighted by Gasteiger charge is -2.17. The van der Waals surface area contributed by atoms with E-state index in [0.717, 1.165) is 51.4 Å². The van der Waals surface area contributed by atoms with Gasteiger partial charge in [-0.05, 0) is 44.1 Å². The zero-order valence-electron chi connectivity index (χ0n) is 15.2. The highest BCUT2D eigenvalue weighted by Crippen LogP contribution is 2.15. The first-order chi connectivity index (χ1) is 11.2. The van der Waals surface area contributed by atoms with Crippen molar-refractivity contribution in [1.82, 2.24) is 20.4 Å². The Kier molecular flexibility index (Phi) is 14.0. The second-order valence-electron chi connectivity index (χ2n) is 6.28. The van der Waals surface area contributed by atoms with Gasteiger partial charge in [-0.15, -0.1) is 24.0 Å². The largest absolute Gasteiger partial charge is 0.396 e. The van der Waals surface area contributed by atoms with Crippen LogP contribution in [-0.4, -0.2) is 47.1 Å². The molecule has 6 nitrogen and oxygen atoms in total. The SMILES string of the molecule is CCNC(=NCC(CCO)CC(C)C)NCCCn1cccn1.I. The van der Waals surface area contributed by atoms with Gasteiger partial charge in [0.25, 0.3) is 0 Å². The second kappa shape index (κ2) is 14.5. The van der Waals surface area contributed by atoms with Gasteiger partial charge in [0.05, 0.1) is 0 Å². The van der Waals surface area contributed by atoms with Gasteiger partial charge in [-0.2, -0.15) is 5.10 Å². The van der Waals surface area contributed by atoms with Crippen LogP contribution in [0, 0.1) is 11.8 Å². The molecule has 1 aromatic rings. The molecule has 3 N–H and O–H groups in total. The summed E-state index contributed by atoms with van der Waals surface area (Å²) in [6.45, 7) is 10.1. The Bertz CT molecular complexity index is 423. The topological polar surface area (TPSA) is 74.5 Å². The van der Waals surface area contributed by atoms with E-state index < -0.39 is 0 Å². The standard InChI is InChI=1S/C17H33N5O.HI/c1-4-18-17(19-8-5-10-22-11-6-9-21-22)20-14-16(7-12-23)13-15(2)3;/h6,9,11,15-16,23H,4-5,7-8,10,12-14H2,1-3H3,(H2,18,19,20);1H. The Labute approximate surface area is 163 Å².